The van der Waals surface area contributed by atoms with Gasteiger partial charge in [-0.25, -0.2) is 9.18 Å². The van der Waals surface area contributed by atoms with Gasteiger partial charge in [0.1, 0.15) is 5.82 Å². The number of aryl methyl sites for hydroxylation is 1. The highest BCUT2D eigenvalue weighted by molar-refractivity contribution is 6.33. The van der Waals surface area contributed by atoms with E-state index in [1.807, 2.05) is 0 Å². The van der Waals surface area contributed by atoms with Gasteiger partial charge in [-0.1, -0.05) is 29.8 Å². The van der Waals surface area contributed by atoms with Crippen LogP contribution in [-0.2, 0) is 0 Å². The number of halogens is 2. The summed E-state index contributed by atoms with van der Waals surface area (Å²) >= 11 is 6.01. The molecule has 0 atom stereocenters. The highest BCUT2D eigenvalue weighted by Gasteiger charge is 2.09. The first kappa shape index (κ1) is 12.6. The zero-order valence-corrected chi connectivity index (χ0v) is 10.3. The van der Waals surface area contributed by atoms with E-state index in [9.17, 15) is 9.18 Å². The number of hydrogen-bond acceptors (Lipinski definition) is 1. The van der Waals surface area contributed by atoms with Crippen molar-refractivity contribution in [3.63, 3.8) is 0 Å². The molecule has 0 aromatic heterocycles. The summed E-state index contributed by atoms with van der Waals surface area (Å²) in [7, 11) is 0. The molecule has 1 N–H and O–H groups in total. The first-order chi connectivity index (χ1) is 8.49. The maximum absolute atomic E-state index is 13.5. The molecule has 0 aliphatic heterocycles. The Bertz CT molecular complexity index is 623. The second kappa shape index (κ2) is 4.78. The average Bonchev–Trinajstić information content (AvgIpc) is 2.32. The van der Waals surface area contributed by atoms with Gasteiger partial charge in [0.05, 0.1) is 5.56 Å². The van der Waals surface area contributed by atoms with Crippen molar-refractivity contribution in [3.05, 3.63) is 58.4 Å². The van der Waals surface area contributed by atoms with Crippen molar-refractivity contribution in [1.82, 2.24) is 0 Å². The van der Waals surface area contributed by atoms with E-state index < -0.39 is 5.97 Å². The zero-order valence-electron chi connectivity index (χ0n) is 9.58. The molecule has 0 fully saturated rings. The molecule has 2 aromatic carbocycles. The number of carboxylic acid groups (broad SMARTS) is 1. The van der Waals surface area contributed by atoms with Crippen molar-refractivity contribution in [3.8, 4) is 11.1 Å². The fourth-order valence-electron chi connectivity index (χ4n) is 1.64. The quantitative estimate of drug-likeness (QED) is 0.885. The number of rotatable bonds is 2. The Labute approximate surface area is 109 Å². The first-order valence-corrected chi connectivity index (χ1v) is 5.66. The lowest BCUT2D eigenvalue weighted by Crippen LogP contribution is -1.96. The van der Waals surface area contributed by atoms with E-state index in [4.69, 9.17) is 16.7 Å². The summed E-state index contributed by atoms with van der Waals surface area (Å²) in [5.41, 5.74) is 1.90. The van der Waals surface area contributed by atoms with Crippen LogP contribution in [-0.4, -0.2) is 11.1 Å². The summed E-state index contributed by atoms with van der Waals surface area (Å²) in [4.78, 5) is 10.8. The molecular formula is C14H10ClFO2. The molecule has 0 saturated heterocycles. The van der Waals surface area contributed by atoms with Crippen LogP contribution in [0.3, 0.4) is 0 Å². The number of hydrogen-bond donors (Lipinski definition) is 1. The Morgan fingerprint density at radius 2 is 1.94 bits per heavy atom. The minimum Gasteiger partial charge on any atom is -0.478 e. The van der Waals surface area contributed by atoms with E-state index in [1.54, 1.807) is 25.1 Å². The van der Waals surface area contributed by atoms with E-state index in [1.165, 1.54) is 18.2 Å². The Morgan fingerprint density at radius 1 is 1.22 bits per heavy atom. The molecule has 0 unspecified atom stereocenters. The molecule has 2 aromatic rings. The number of carbonyl (C=O) groups is 1. The normalized spacial score (nSPS) is 10.4. The molecule has 92 valence electrons. The van der Waals surface area contributed by atoms with Crippen LogP contribution in [0.4, 0.5) is 4.39 Å². The Morgan fingerprint density at radius 3 is 2.50 bits per heavy atom. The number of benzene rings is 2. The van der Waals surface area contributed by atoms with Gasteiger partial charge in [-0.15, -0.1) is 0 Å². The molecule has 2 rings (SSSR count). The fraction of sp³-hybridized carbons (Fsp3) is 0.0714. The predicted molar refractivity (Wildman–Crippen MR) is 68.5 cm³/mol. The summed E-state index contributed by atoms with van der Waals surface area (Å²) in [5.74, 6) is -1.36. The van der Waals surface area contributed by atoms with E-state index in [0.29, 0.717) is 16.7 Å². The van der Waals surface area contributed by atoms with Crippen LogP contribution in [0.15, 0.2) is 36.4 Å². The molecule has 0 spiro atoms. The standard InChI is InChI=1S/C14H10ClFO2/c1-8-2-3-9(7-13(8)16)11-5-4-10(14(17)18)6-12(11)15/h2-7H,1H3,(H,17,18). The van der Waals surface area contributed by atoms with Crippen LogP contribution in [0.1, 0.15) is 15.9 Å². The largest absolute Gasteiger partial charge is 0.478 e. The zero-order chi connectivity index (χ0) is 13.3. The van der Waals surface area contributed by atoms with Crippen LogP contribution in [0, 0.1) is 12.7 Å². The molecule has 0 bridgehead atoms. The van der Waals surface area contributed by atoms with Gasteiger partial charge >= 0.3 is 5.97 Å². The van der Waals surface area contributed by atoms with Gasteiger partial charge in [-0.3, -0.25) is 0 Å². The van der Waals surface area contributed by atoms with Crippen LogP contribution >= 0.6 is 11.6 Å². The van der Waals surface area contributed by atoms with Crippen LogP contribution < -0.4 is 0 Å². The maximum Gasteiger partial charge on any atom is 0.335 e. The van der Waals surface area contributed by atoms with Crippen molar-refractivity contribution >= 4 is 17.6 Å². The Hall–Kier alpha value is -1.87. The highest BCUT2D eigenvalue weighted by atomic mass is 35.5. The number of carboxylic acids is 1. The third-order valence-corrected chi connectivity index (χ3v) is 3.01. The van der Waals surface area contributed by atoms with E-state index >= 15 is 0 Å². The fourth-order valence-corrected chi connectivity index (χ4v) is 1.93. The van der Waals surface area contributed by atoms with Gasteiger partial charge in [0, 0.05) is 10.6 Å². The van der Waals surface area contributed by atoms with Gasteiger partial charge < -0.3 is 5.11 Å². The van der Waals surface area contributed by atoms with Crippen molar-refractivity contribution in [2.45, 2.75) is 6.92 Å². The van der Waals surface area contributed by atoms with Gasteiger partial charge in [0.15, 0.2) is 0 Å². The lowest BCUT2D eigenvalue weighted by molar-refractivity contribution is 0.0697. The molecule has 0 aliphatic carbocycles. The SMILES string of the molecule is Cc1ccc(-c2ccc(C(=O)O)cc2Cl)cc1F. The third-order valence-electron chi connectivity index (χ3n) is 2.70. The van der Waals surface area contributed by atoms with Crippen LogP contribution in [0.25, 0.3) is 11.1 Å². The molecule has 0 amide bonds. The minimum atomic E-state index is -1.04. The second-order valence-corrected chi connectivity index (χ2v) is 4.37. The molecule has 0 saturated carbocycles. The molecular weight excluding hydrogens is 255 g/mol. The first-order valence-electron chi connectivity index (χ1n) is 5.28. The molecule has 2 nitrogen and oxygen atoms in total. The lowest BCUT2D eigenvalue weighted by atomic mass is 10.0. The summed E-state index contributed by atoms with van der Waals surface area (Å²) in [6, 6.07) is 9.18. The summed E-state index contributed by atoms with van der Waals surface area (Å²) < 4.78 is 13.5. The molecule has 18 heavy (non-hydrogen) atoms. The molecule has 0 aliphatic rings. The van der Waals surface area contributed by atoms with Gasteiger partial charge in [-0.05, 0) is 36.2 Å². The van der Waals surface area contributed by atoms with E-state index in [-0.39, 0.29) is 16.4 Å². The maximum atomic E-state index is 13.5. The second-order valence-electron chi connectivity index (χ2n) is 3.96. The lowest BCUT2D eigenvalue weighted by Gasteiger charge is -2.07. The topological polar surface area (TPSA) is 37.3 Å². The smallest absolute Gasteiger partial charge is 0.335 e. The highest BCUT2D eigenvalue weighted by Crippen LogP contribution is 2.29. The molecule has 0 radical (unpaired) electrons. The Balaban J connectivity index is 2.51. The van der Waals surface area contributed by atoms with Gasteiger partial charge in [0.2, 0.25) is 0 Å². The predicted octanol–water partition coefficient (Wildman–Crippen LogP) is 4.15. The van der Waals surface area contributed by atoms with E-state index in [0.717, 1.165) is 0 Å². The third kappa shape index (κ3) is 2.36. The van der Waals surface area contributed by atoms with Crippen molar-refractivity contribution < 1.29 is 14.3 Å². The van der Waals surface area contributed by atoms with Crippen molar-refractivity contribution in [2.24, 2.45) is 0 Å². The van der Waals surface area contributed by atoms with Gasteiger partial charge in [-0.2, -0.15) is 0 Å². The van der Waals surface area contributed by atoms with Crippen molar-refractivity contribution in [1.29, 1.82) is 0 Å². The summed E-state index contributed by atoms with van der Waals surface area (Å²) in [5, 5.41) is 9.12. The summed E-state index contributed by atoms with van der Waals surface area (Å²) in [6.45, 7) is 1.67. The Kier molecular flexibility index (Phi) is 3.34. The minimum absolute atomic E-state index is 0.108. The average molecular weight is 265 g/mol. The summed E-state index contributed by atoms with van der Waals surface area (Å²) in [6.07, 6.45) is 0. The van der Waals surface area contributed by atoms with Crippen LogP contribution in [0.5, 0.6) is 0 Å². The van der Waals surface area contributed by atoms with E-state index in [2.05, 4.69) is 0 Å². The molecule has 0 heterocycles. The molecule has 4 heteroatoms. The number of aromatic carboxylic acids is 1. The van der Waals surface area contributed by atoms with Crippen LogP contribution in [0.2, 0.25) is 5.02 Å². The monoisotopic (exact) mass is 264 g/mol. The van der Waals surface area contributed by atoms with Crippen molar-refractivity contribution in [2.75, 3.05) is 0 Å². The van der Waals surface area contributed by atoms with Gasteiger partial charge in [0.25, 0.3) is 0 Å².